The molecule has 2 aliphatic rings. The Kier molecular flexibility index (Phi) is 4.58. The van der Waals surface area contributed by atoms with E-state index in [1.54, 1.807) is 18.2 Å². The highest BCUT2D eigenvalue weighted by atomic mass is 32.2. The Morgan fingerprint density at radius 2 is 1.93 bits per heavy atom. The number of hydrogen-bond acceptors (Lipinski definition) is 5. The zero-order valence-corrected chi connectivity index (χ0v) is 15.8. The van der Waals surface area contributed by atoms with Crippen LogP contribution in [-0.2, 0) is 19.1 Å². The Labute approximate surface area is 165 Å². The third-order valence-corrected chi connectivity index (χ3v) is 6.23. The molecule has 2 aromatic carbocycles. The third kappa shape index (κ3) is 2.93. The van der Waals surface area contributed by atoms with Crippen molar-refractivity contribution >= 4 is 40.9 Å². The fourth-order valence-corrected chi connectivity index (χ4v) is 4.78. The van der Waals surface area contributed by atoms with Crippen LogP contribution in [0.2, 0.25) is 0 Å². The molecule has 2 heterocycles. The van der Waals surface area contributed by atoms with E-state index in [9.17, 15) is 18.8 Å². The van der Waals surface area contributed by atoms with E-state index in [-0.39, 0.29) is 18.0 Å². The highest BCUT2D eigenvalue weighted by Crippen LogP contribution is 2.56. The number of rotatable bonds is 4. The first kappa shape index (κ1) is 18.5. The van der Waals surface area contributed by atoms with E-state index < -0.39 is 28.7 Å². The Balaban J connectivity index is 1.51. The first-order chi connectivity index (χ1) is 13.4. The minimum atomic E-state index is -1.20. The van der Waals surface area contributed by atoms with Crippen molar-refractivity contribution in [2.45, 2.75) is 35.6 Å². The number of para-hydroxylation sites is 2. The van der Waals surface area contributed by atoms with Crippen LogP contribution < -0.4 is 10.2 Å². The van der Waals surface area contributed by atoms with Crippen molar-refractivity contribution in [3.05, 3.63) is 54.3 Å². The van der Waals surface area contributed by atoms with E-state index in [0.717, 1.165) is 4.90 Å². The monoisotopic (exact) mass is 400 g/mol. The van der Waals surface area contributed by atoms with Gasteiger partial charge in [-0.2, -0.15) is 0 Å². The van der Waals surface area contributed by atoms with E-state index in [1.165, 1.54) is 41.8 Å². The second kappa shape index (κ2) is 6.94. The lowest BCUT2D eigenvalue weighted by atomic mass is 10.2. The molecule has 8 heteroatoms. The molecule has 2 amide bonds. The van der Waals surface area contributed by atoms with Crippen LogP contribution in [0.3, 0.4) is 0 Å². The van der Waals surface area contributed by atoms with Gasteiger partial charge >= 0.3 is 5.97 Å². The molecule has 2 atom stereocenters. The van der Waals surface area contributed by atoms with Crippen molar-refractivity contribution < 1.29 is 23.5 Å². The predicted octanol–water partition coefficient (Wildman–Crippen LogP) is 3.32. The number of esters is 1. The molecule has 1 N–H and O–H groups in total. The standard InChI is InChI=1S/C20H17FN2O4S/c1-12(18(25)22-14-7-3-2-6-13(14)21)27-19(26)20-11-10-17(24)23(20)15-8-4-5-9-16(15)28-20/h2-9,12H,10-11H2,1H3,(H,22,25)/t12-,20-/m0/s1. The molecule has 4 rings (SSSR count). The molecule has 0 unspecified atom stereocenters. The van der Waals surface area contributed by atoms with Crippen molar-refractivity contribution in [1.82, 2.24) is 0 Å². The van der Waals surface area contributed by atoms with E-state index in [1.807, 2.05) is 12.1 Å². The number of carbonyl (C=O) groups is 3. The summed E-state index contributed by atoms with van der Waals surface area (Å²) in [5.41, 5.74) is 0.685. The van der Waals surface area contributed by atoms with E-state index in [0.29, 0.717) is 12.1 Å². The molecular weight excluding hydrogens is 383 g/mol. The summed E-state index contributed by atoms with van der Waals surface area (Å²) in [7, 11) is 0. The summed E-state index contributed by atoms with van der Waals surface area (Å²) in [6.07, 6.45) is -0.624. The van der Waals surface area contributed by atoms with Crippen LogP contribution in [0.1, 0.15) is 19.8 Å². The maximum atomic E-state index is 13.7. The molecule has 6 nitrogen and oxygen atoms in total. The van der Waals surface area contributed by atoms with Crippen molar-refractivity contribution in [3.63, 3.8) is 0 Å². The van der Waals surface area contributed by atoms with E-state index in [4.69, 9.17) is 4.74 Å². The summed E-state index contributed by atoms with van der Waals surface area (Å²) in [6.45, 7) is 1.42. The van der Waals surface area contributed by atoms with Crippen LogP contribution in [-0.4, -0.2) is 28.8 Å². The fraction of sp³-hybridized carbons (Fsp3) is 0.250. The number of halogens is 1. The lowest BCUT2D eigenvalue weighted by Crippen LogP contribution is -2.49. The van der Waals surface area contributed by atoms with Gasteiger partial charge in [-0.1, -0.05) is 36.0 Å². The van der Waals surface area contributed by atoms with Crippen LogP contribution >= 0.6 is 11.8 Å². The molecule has 0 spiro atoms. The number of nitrogens with one attached hydrogen (secondary N) is 1. The van der Waals surface area contributed by atoms with Gasteiger partial charge in [-0.15, -0.1) is 0 Å². The number of thioether (sulfide) groups is 1. The normalized spacial score (nSPS) is 21.1. The summed E-state index contributed by atoms with van der Waals surface area (Å²) >= 11 is 1.27. The minimum absolute atomic E-state index is 0.00822. The lowest BCUT2D eigenvalue weighted by molar-refractivity contribution is -0.155. The van der Waals surface area contributed by atoms with Crippen molar-refractivity contribution in [1.29, 1.82) is 0 Å². The van der Waals surface area contributed by atoms with Gasteiger partial charge in [-0.25, -0.2) is 9.18 Å². The molecule has 28 heavy (non-hydrogen) atoms. The quantitative estimate of drug-likeness (QED) is 0.797. The zero-order valence-electron chi connectivity index (χ0n) is 15.0. The first-order valence-corrected chi connectivity index (χ1v) is 9.61. The zero-order chi connectivity index (χ0) is 19.9. The van der Waals surface area contributed by atoms with Gasteiger partial charge in [0, 0.05) is 17.7 Å². The van der Waals surface area contributed by atoms with Crippen LogP contribution in [0.25, 0.3) is 0 Å². The summed E-state index contributed by atoms with van der Waals surface area (Å²) in [6, 6.07) is 13.0. The third-order valence-electron chi connectivity index (χ3n) is 4.78. The Morgan fingerprint density at radius 1 is 1.21 bits per heavy atom. The summed E-state index contributed by atoms with van der Waals surface area (Å²) in [4.78, 5) is 38.8. The van der Waals surface area contributed by atoms with Crippen LogP contribution in [0.4, 0.5) is 15.8 Å². The SMILES string of the molecule is C[C@H](OC(=O)[C@@]12CCC(=O)N1c1ccccc1S2)C(=O)Nc1ccccc1F. The van der Waals surface area contributed by atoms with Crippen LogP contribution in [0, 0.1) is 5.82 Å². The van der Waals surface area contributed by atoms with E-state index in [2.05, 4.69) is 5.32 Å². The molecule has 0 aromatic heterocycles. The number of ether oxygens (including phenoxy) is 1. The number of nitrogens with zero attached hydrogens (tertiary/aromatic N) is 1. The first-order valence-electron chi connectivity index (χ1n) is 8.80. The average molecular weight is 400 g/mol. The van der Waals surface area contributed by atoms with Gasteiger partial charge in [-0.3, -0.25) is 14.5 Å². The van der Waals surface area contributed by atoms with Gasteiger partial charge in [0.2, 0.25) is 5.91 Å². The number of anilines is 2. The summed E-state index contributed by atoms with van der Waals surface area (Å²) in [5, 5.41) is 2.41. The Hall–Kier alpha value is -2.87. The molecular formula is C20H17FN2O4S. The van der Waals surface area contributed by atoms with Gasteiger partial charge in [0.25, 0.3) is 5.91 Å². The second-order valence-electron chi connectivity index (χ2n) is 6.60. The lowest BCUT2D eigenvalue weighted by Gasteiger charge is -2.29. The fourth-order valence-electron chi connectivity index (χ4n) is 3.38. The number of benzene rings is 2. The molecule has 0 bridgehead atoms. The van der Waals surface area contributed by atoms with Crippen LogP contribution in [0.5, 0.6) is 0 Å². The molecule has 1 saturated heterocycles. The molecule has 2 aliphatic heterocycles. The highest BCUT2D eigenvalue weighted by Gasteiger charge is 2.58. The Morgan fingerprint density at radius 3 is 2.71 bits per heavy atom. The van der Waals surface area contributed by atoms with Gasteiger partial charge in [0.05, 0.1) is 11.4 Å². The predicted molar refractivity (Wildman–Crippen MR) is 102 cm³/mol. The number of carbonyl (C=O) groups excluding carboxylic acids is 3. The largest absolute Gasteiger partial charge is 0.450 e. The van der Waals surface area contributed by atoms with Crippen molar-refractivity contribution in [2.24, 2.45) is 0 Å². The maximum Gasteiger partial charge on any atom is 0.344 e. The van der Waals surface area contributed by atoms with Crippen LogP contribution in [0.15, 0.2) is 53.4 Å². The summed E-state index contributed by atoms with van der Waals surface area (Å²) < 4.78 is 19.1. The number of amides is 2. The van der Waals surface area contributed by atoms with Gasteiger partial charge in [-0.05, 0) is 31.2 Å². The van der Waals surface area contributed by atoms with Crippen molar-refractivity contribution in [3.8, 4) is 0 Å². The topological polar surface area (TPSA) is 75.7 Å². The number of hydrogen-bond donors (Lipinski definition) is 1. The maximum absolute atomic E-state index is 13.7. The number of fused-ring (bicyclic) bond motifs is 3. The summed E-state index contributed by atoms with van der Waals surface area (Å²) in [5.74, 6) is -2.04. The minimum Gasteiger partial charge on any atom is -0.450 e. The Bertz CT molecular complexity index is 982. The molecule has 0 radical (unpaired) electrons. The van der Waals surface area contributed by atoms with Gasteiger partial charge in [0.15, 0.2) is 11.0 Å². The van der Waals surface area contributed by atoms with E-state index >= 15 is 0 Å². The molecule has 144 valence electrons. The molecule has 2 aromatic rings. The molecule has 0 saturated carbocycles. The molecule has 1 fully saturated rings. The molecule has 0 aliphatic carbocycles. The average Bonchev–Trinajstić information content (AvgIpc) is 3.19. The van der Waals surface area contributed by atoms with Gasteiger partial charge < -0.3 is 10.1 Å². The smallest absolute Gasteiger partial charge is 0.344 e. The van der Waals surface area contributed by atoms with Gasteiger partial charge in [0.1, 0.15) is 5.82 Å². The van der Waals surface area contributed by atoms with Crippen molar-refractivity contribution in [2.75, 3.05) is 10.2 Å². The second-order valence-corrected chi connectivity index (χ2v) is 7.92. The highest BCUT2D eigenvalue weighted by molar-refractivity contribution is 8.02.